The third-order valence-electron chi connectivity index (χ3n) is 4.77. The fourth-order valence-corrected chi connectivity index (χ4v) is 3.07. The van der Waals surface area contributed by atoms with Gasteiger partial charge in [-0.05, 0) is 25.0 Å². The number of nitrogens with zero attached hydrogens (tertiary/aromatic N) is 5. The third kappa shape index (κ3) is 3.80. The van der Waals surface area contributed by atoms with Crippen molar-refractivity contribution in [3.05, 3.63) is 63.2 Å². The predicted molar refractivity (Wildman–Crippen MR) is 111 cm³/mol. The van der Waals surface area contributed by atoms with Gasteiger partial charge in [0.1, 0.15) is 17.1 Å². The summed E-state index contributed by atoms with van der Waals surface area (Å²) in [5, 5.41) is 17.3. The van der Waals surface area contributed by atoms with Crippen LogP contribution in [0.2, 0.25) is 0 Å². The minimum atomic E-state index is -0.531. The highest BCUT2D eigenvalue weighted by atomic mass is 16.5. The molecule has 0 aliphatic heterocycles. The maximum Gasteiger partial charge on any atom is 0.326 e. The van der Waals surface area contributed by atoms with E-state index in [2.05, 4.69) is 35.3 Å². The van der Waals surface area contributed by atoms with Crippen molar-refractivity contribution in [1.82, 2.24) is 34.9 Å². The van der Waals surface area contributed by atoms with Gasteiger partial charge in [0.25, 0.3) is 5.91 Å². The van der Waals surface area contributed by atoms with Crippen molar-refractivity contribution in [3.8, 4) is 17.5 Å². The molecule has 32 heavy (non-hydrogen) atoms. The van der Waals surface area contributed by atoms with Gasteiger partial charge in [0, 0.05) is 30.6 Å². The Hall–Kier alpha value is -4.48. The van der Waals surface area contributed by atoms with Crippen molar-refractivity contribution in [2.75, 3.05) is 7.05 Å². The molecule has 1 saturated carbocycles. The molecule has 0 bridgehead atoms. The molecule has 12 heteroatoms. The van der Waals surface area contributed by atoms with Gasteiger partial charge in [0.2, 0.25) is 11.8 Å². The second-order valence-electron chi connectivity index (χ2n) is 7.19. The van der Waals surface area contributed by atoms with Crippen LogP contribution in [0.3, 0.4) is 0 Å². The van der Waals surface area contributed by atoms with Crippen LogP contribution in [-0.4, -0.2) is 53.7 Å². The fraction of sp³-hybridized carbons (Fsp3) is 0.200. The highest BCUT2D eigenvalue weighted by Gasteiger charge is 2.20. The Morgan fingerprint density at radius 3 is 2.94 bits per heavy atom. The van der Waals surface area contributed by atoms with Gasteiger partial charge in [-0.25, -0.2) is 4.79 Å². The summed E-state index contributed by atoms with van der Waals surface area (Å²) >= 11 is 0. The van der Waals surface area contributed by atoms with E-state index in [0.29, 0.717) is 22.1 Å². The average molecular weight is 434 g/mol. The number of aromatic nitrogens is 6. The van der Waals surface area contributed by atoms with E-state index >= 15 is 0 Å². The Kier molecular flexibility index (Phi) is 4.66. The number of pyridine rings is 1. The first-order chi connectivity index (χ1) is 15.5. The number of ether oxygens (including phenoxy) is 1. The van der Waals surface area contributed by atoms with Crippen molar-refractivity contribution in [1.29, 1.82) is 0 Å². The van der Waals surface area contributed by atoms with Crippen LogP contribution < -0.4 is 26.4 Å². The number of H-pyrrole nitrogens is 2. The number of hydrogen-bond donors (Lipinski definition) is 4. The first-order valence-electron chi connectivity index (χ1n) is 9.82. The Morgan fingerprint density at radius 1 is 1.38 bits per heavy atom. The number of nitrogens with one attached hydrogen (secondary N) is 3. The molecule has 0 radical (unpaired) electrons. The highest BCUT2D eigenvalue weighted by Crippen LogP contribution is 2.23. The molecule has 0 spiro atoms. The molecule has 1 amide bonds. The lowest BCUT2D eigenvalue weighted by molar-refractivity contribution is 0.0958. The van der Waals surface area contributed by atoms with Crippen LogP contribution in [0.15, 0.2) is 40.4 Å². The van der Waals surface area contributed by atoms with Crippen molar-refractivity contribution in [2.24, 2.45) is 4.99 Å². The number of hydrogen-bond acceptors (Lipinski definition) is 8. The van der Waals surface area contributed by atoms with Crippen molar-refractivity contribution in [2.45, 2.75) is 18.9 Å². The number of aromatic hydroxyl groups is 1. The Bertz CT molecular complexity index is 1510. The fourth-order valence-electron chi connectivity index (χ4n) is 3.07. The van der Waals surface area contributed by atoms with E-state index in [1.165, 1.54) is 19.3 Å². The summed E-state index contributed by atoms with van der Waals surface area (Å²) in [6.45, 7) is 0. The van der Waals surface area contributed by atoms with E-state index in [1.807, 2.05) is 0 Å². The largest absolute Gasteiger partial charge is 0.493 e. The van der Waals surface area contributed by atoms with Crippen LogP contribution in [0.4, 0.5) is 0 Å². The molecule has 0 atom stereocenters. The quantitative estimate of drug-likeness (QED) is 0.332. The number of fused-ring (bicyclic) bond motifs is 1. The van der Waals surface area contributed by atoms with Gasteiger partial charge in [-0.2, -0.15) is 14.6 Å². The summed E-state index contributed by atoms with van der Waals surface area (Å²) in [4.78, 5) is 41.3. The summed E-state index contributed by atoms with van der Waals surface area (Å²) in [5.74, 6) is -0.00205. The summed E-state index contributed by atoms with van der Waals surface area (Å²) in [7, 11) is 1.52. The van der Waals surface area contributed by atoms with Crippen LogP contribution in [0, 0.1) is 0 Å². The molecule has 4 N–H and O–H groups in total. The molecular formula is C20H18N8O4. The third-order valence-corrected chi connectivity index (χ3v) is 4.77. The van der Waals surface area contributed by atoms with E-state index in [9.17, 15) is 14.7 Å². The number of imidazole rings is 1. The van der Waals surface area contributed by atoms with Gasteiger partial charge in [0.05, 0.1) is 12.2 Å². The number of amides is 1. The predicted octanol–water partition coefficient (Wildman–Crippen LogP) is -0.391. The molecule has 12 nitrogen and oxygen atoms in total. The molecule has 0 saturated heterocycles. The van der Waals surface area contributed by atoms with Gasteiger partial charge in [-0.1, -0.05) is 0 Å². The smallest absolute Gasteiger partial charge is 0.326 e. The summed E-state index contributed by atoms with van der Waals surface area (Å²) in [6.07, 6.45) is 6.57. The van der Waals surface area contributed by atoms with E-state index in [4.69, 9.17) is 4.74 Å². The van der Waals surface area contributed by atoms with Crippen LogP contribution in [0.1, 0.15) is 29.0 Å². The molecule has 4 aromatic rings. The summed E-state index contributed by atoms with van der Waals surface area (Å²) in [6, 6.07) is 5.00. The number of carbonyl (C=O) groups is 1. The second-order valence-corrected chi connectivity index (χ2v) is 7.19. The molecular weight excluding hydrogens is 416 g/mol. The van der Waals surface area contributed by atoms with Gasteiger partial charge < -0.3 is 20.1 Å². The topological polar surface area (TPSA) is 163 Å². The Balaban J connectivity index is 1.63. The number of rotatable bonds is 5. The van der Waals surface area contributed by atoms with Crippen LogP contribution >= 0.6 is 0 Å². The molecule has 4 aromatic heterocycles. The van der Waals surface area contributed by atoms with Gasteiger partial charge in [-0.15, -0.1) is 0 Å². The van der Waals surface area contributed by atoms with E-state index in [-0.39, 0.29) is 35.1 Å². The molecule has 1 aliphatic carbocycles. The van der Waals surface area contributed by atoms with Gasteiger partial charge in [0.15, 0.2) is 11.1 Å². The number of aromatic amines is 2. The van der Waals surface area contributed by atoms with E-state index in [0.717, 1.165) is 12.8 Å². The Morgan fingerprint density at radius 2 is 2.22 bits per heavy atom. The lowest BCUT2D eigenvalue weighted by atomic mass is 10.3. The molecule has 5 rings (SSSR count). The van der Waals surface area contributed by atoms with Crippen molar-refractivity contribution < 1.29 is 14.6 Å². The highest BCUT2D eigenvalue weighted by molar-refractivity contribution is 5.92. The average Bonchev–Trinajstić information content (AvgIpc) is 3.42. The molecule has 0 aromatic carbocycles. The standard InChI is InChI=1S/C20H18N8O4/c1-21-18(29)13-7-12(4-5-22-13)32-16-8-15(24-11-2-3-11)28-17(26-16)10(9-23-28)6-14-19(30)27-20(31)25-14/h4-9,11,30H,2-3H2,1H3,(H,21,29)(H2,25,27,31). The first-order valence-corrected chi connectivity index (χ1v) is 9.82. The molecule has 1 fully saturated rings. The van der Waals surface area contributed by atoms with E-state index in [1.54, 1.807) is 28.9 Å². The molecule has 4 heterocycles. The normalized spacial score (nSPS) is 14.8. The maximum absolute atomic E-state index is 11.9. The van der Waals surface area contributed by atoms with Crippen molar-refractivity contribution in [3.63, 3.8) is 0 Å². The van der Waals surface area contributed by atoms with Gasteiger partial charge >= 0.3 is 5.69 Å². The van der Waals surface area contributed by atoms with Crippen LogP contribution in [0.25, 0.3) is 11.7 Å². The van der Waals surface area contributed by atoms with Crippen LogP contribution in [0.5, 0.6) is 17.5 Å². The van der Waals surface area contributed by atoms with Crippen LogP contribution in [-0.2, 0) is 0 Å². The monoisotopic (exact) mass is 434 g/mol. The lowest BCUT2D eigenvalue weighted by Gasteiger charge is -2.07. The minimum absolute atomic E-state index is 0.197. The molecule has 162 valence electrons. The number of carbonyl (C=O) groups excluding carboxylic acids is 1. The summed E-state index contributed by atoms with van der Waals surface area (Å²) in [5.41, 5.74) is 0.849. The zero-order valence-electron chi connectivity index (χ0n) is 16.9. The minimum Gasteiger partial charge on any atom is -0.493 e. The Labute approximate surface area is 179 Å². The second kappa shape index (κ2) is 7.65. The summed E-state index contributed by atoms with van der Waals surface area (Å²) < 4.78 is 7.48. The van der Waals surface area contributed by atoms with Crippen molar-refractivity contribution >= 4 is 17.6 Å². The first kappa shape index (κ1) is 19.5. The van der Waals surface area contributed by atoms with Gasteiger partial charge in [-0.3, -0.25) is 19.8 Å². The SMILES string of the molecule is CNC(=O)c1cc(Oc2cc(=NC3CC3)n3ncc(=Cc4[nH]c(=O)[nH]c4O)c3n2)ccn1. The zero-order chi connectivity index (χ0) is 22.2. The van der Waals surface area contributed by atoms with E-state index < -0.39 is 5.69 Å². The lowest BCUT2D eigenvalue weighted by Crippen LogP contribution is -2.19. The maximum atomic E-state index is 11.9. The molecule has 0 unspecified atom stereocenters. The molecule has 1 aliphatic rings. The zero-order valence-corrected chi connectivity index (χ0v) is 16.9.